The van der Waals surface area contributed by atoms with Crippen molar-refractivity contribution in [1.29, 1.82) is 0 Å². The summed E-state index contributed by atoms with van der Waals surface area (Å²) in [5.41, 5.74) is 1.99. The summed E-state index contributed by atoms with van der Waals surface area (Å²) in [6.45, 7) is 0. The number of nitro benzene ring substituents is 1. The van der Waals surface area contributed by atoms with Gasteiger partial charge in [-0.1, -0.05) is 72.8 Å². The van der Waals surface area contributed by atoms with Crippen LogP contribution in [-0.4, -0.2) is 16.6 Å². The maximum atomic E-state index is 12.8. The monoisotopic (exact) mass is 384 g/mol. The number of ketones is 1. The van der Waals surface area contributed by atoms with Gasteiger partial charge in [-0.25, -0.2) is 0 Å². The van der Waals surface area contributed by atoms with Gasteiger partial charge in [0, 0.05) is 12.1 Å². The van der Waals surface area contributed by atoms with Crippen molar-refractivity contribution < 1.29 is 14.5 Å². The molecule has 3 aromatic carbocycles. The summed E-state index contributed by atoms with van der Waals surface area (Å²) in [5.74, 6) is -1.44. The molecule has 4 rings (SSSR count). The fourth-order valence-electron chi connectivity index (χ4n) is 3.40. The zero-order chi connectivity index (χ0) is 20.4. The van der Waals surface area contributed by atoms with Crippen molar-refractivity contribution in [2.75, 3.05) is 4.90 Å². The van der Waals surface area contributed by atoms with Crippen LogP contribution in [0.4, 0.5) is 11.4 Å². The van der Waals surface area contributed by atoms with Crippen molar-refractivity contribution >= 4 is 29.1 Å². The van der Waals surface area contributed by atoms with Crippen molar-refractivity contribution in [3.63, 3.8) is 0 Å². The maximum absolute atomic E-state index is 12.8. The van der Waals surface area contributed by atoms with Gasteiger partial charge in [-0.2, -0.15) is 0 Å². The number of Topliss-reactive ketones (excluding diaryl/α,β-unsaturated/α-hetero) is 1. The van der Waals surface area contributed by atoms with Gasteiger partial charge in [0.05, 0.1) is 22.2 Å². The summed E-state index contributed by atoms with van der Waals surface area (Å²) in [5, 5.41) is 11.1. The lowest BCUT2D eigenvalue weighted by atomic mass is 10.0. The molecule has 1 atom stereocenters. The van der Waals surface area contributed by atoms with Crippen LogP contribution in [0.2, 0.25) is 0 Å². The molecule has 29 heavy (non-hydrogen) atoms. The molecule has 0 fully saturated rings. The second-order valence-electron chi connectivity index (χ2n) is 6.59. The molecule has 0 radical (unpaired) electrons. The fraction of sp³-hybridized carbons (Fsp3) is 0.0435. The second kappa shape index (κ2) is 7.52. The molecule has 3 aromatic rings. The molecule has 0 spiro atoms. The van der Waals surface area contributed by atoms with Gasteiger partial charge in [0.25, 0.3) is 17.4 Å². The van der Waals surface area contributed by atoms with Crippen molar-refractivity contribution in [3.8, 4) is 0 Å². The van der Waals surface area contributed by atoms with Gasteiger partial charge < -0.3 is 0 Å². The average Bonchev–Trinajstić information content (AvgIpc) is 3.00. The topological polar surface area (TPSA) is 80.5 Å². The van der Waals surface area contributed by atoms with Gasteiger partial charge in [-0.05, 0) is 17.2 Å². The van der Waals surface area contributed by atoms with E-state index >= 15 is 0 Å². The van der Waals surface area contributed by atoms with Crippen molar-refractivity contribution in [3.05, 3.63) is 112 Å². The van der Waals surface area contributed by atoms with Crippen LogP contribution in [0, 0.1) is 10.1 Å². The van der Waals surface area contributed by atoms with E-state index < -0.39 is 22.7 Å². The molecular formula is C23H16N2O4. The third-order valence-electron chi connectivity index (χ3n) is 4.80. The third kappa shape index (κ3) is 3.43. The number of carbonyl (C=O) groups excluding carboxylic acids is 2. The molecule has 0 saturated carbocycles. The molecule has 0 unspecified atom stereocenters. The Kier molecular flexibility index (Phi) is 4.75. The number of anilines is 1. The Morgan fingerprint density at radius 3 is 2.21 bits per heavy atom. The summed E-state index contributed by atoms with van der Waals surface area (Å²) < 4.78 is 0. The Labute approximate surface area is 166 Å². The molecule has 0 N–H and O–H groups in total. The number of hydrogen-bond donors (Lipinski definition) is 0. The van der Waals surface area contributed by atoms with E-state index in [9.17, 15) is 19.7 Å². The Bertz CT molecular complexity index is 1120. The van der Waals surface area contributed by atoms with E-state index in [0.29, 0.717) is 5.69 Å². The first-order chi connectivity index (χ1) is 14.1. The smallest absolute Gasteiger partial charge is 0.294 e. The molecular weight excluding hydrogens is 368 g/mol. The standard InChI is InChI=1S/C23H16N2O4/c26-22-19-15-18(25(28)29)12-14-21(19)24(23(22)27)20(17-9-5-2-6-10-17)13-11-16-7-3-1-4-8-16/h1-15,20H/b13-11+/t20-/m0/s1. The average molecular weight is 384 g/mol. The minimum Gasteiger partial charge on any atom is -0.294 e. The highest BCUT2D eigenvalue weighted by atomic mass is 16.6. The first kappa shape index (κ1) is 18.3. The minimum absolute atomic E-state index is 0.0539. The molecule has 0 bridgehead atoms. The molecule has 6 nitrogen and oxygen atoms in total. The minimum atomic E-state index is -0.738. The number of nitro groups is 1. The van der Waals surface area contributed by atoms with Crippen LogP contribution < -0.4 is 4.90 Å². The third-order valence-corrected chi connectivity index (χ3v) is 4.80. The molecule has 1 aliphatic rings. The number of carbonyl (C=O) groups is 2. The van der Waals surface area contributed by atoms with Crippen LogP contribution in [0.3, 0.4) is 0 Å². The summed E-state index contributed by atoms with van der Waals surface area (Å²) in [4.78, 5) is 37.3. The number of rotatable bonds is 5. The van der Waals surface area contributed by atoms with Crippen LogP contribution in [0.15, 0.2) is 84.9 Å². The van der Waals surface area contributed by atoms with E-state index in [1.165, 1.54) is 23.1 Å². The van der Waals surface area contributed by atoms with Crippen LogP contribution in [0.5, 0.6) is 0 Å². The second-order valence-corrected chi connectivity index (χ2v) is 6.59. The number of hydrogen-bond acceptors (Lipinski definition) is 4. The van der Waals surface area contributed by atoms with E-state index in [1.807, 2.05) is 72.8 Å². The van der Waals surface area contributed by atoms with Gasteiger partial charge >= 0.3 is 0 Å². The molecule has 0 aromatic heterocycles. The lowest BCUT2D eigenvalue weighted by Gasteiger charge is -2.26. The number of nitrogens with zero attached hydrogens (tertiary/aromatic N) is 2. The van der Waals surface area contributed by atoms with Gasteiger partial charge in [0.2, 0.25) is 0 Å². The highest BCUT2D eigenvalue weighted by molar-refractivity contribution is 6.52. The first-order valence-corrected chi connectivity index (χ1v) is 9.01. The Hall–Kier alpha value is -4.06. The van der Waals surface area contributed by atoms with Crippen LogP contribution in [-0.2, 0) is 4.79 Å². The zero-order valence-corrected chi connectivity index (χ0v) is 15.3. The lowest BCUT2D eigenvalue weighted by Crippen LogP contribution is -2.33. The van der Waals surface area contributed by atoms with Gasteiger partial charge in [-0.3, -0.25) is 24.6 Å². The molecule has 0 aliphatic carbocycles. The molecule has 1 aliphatic heterocycles. The number of fused-ring (bicyclic) bond motifs is 1. The maximum Gasteiger partial charge on any atom is 0.300 e. The summed E-state index contributed by atoms with van der Waals surface area (Å²) >= 11 is 0. The van der Waals surface area contributed by atoms with E-state index in [-0.39, 0.29) is 11.3 Å². The zero-order valence-electron chi connectivity index (χ0n) is 15.3. The predicted octanol–water partition coefficient (Wildman–Crippen LogP) is 4.58. The number of non-ortho nitro benzene ring substituents is 1. The molecule has 1 heterocycles. The SMILES string of the molecule is O=C1C(=O)N([C@@H](/C=C/c2ccccc2)c2ccccc2)c2ccc([N+](=O)[O-])cc21. The molecule has 142 valence electrons. The molecule has 6 heteroatoms. The molecule has 0 saturated heterocycles. The van der Waals surface area contributed by atoms with Gasteiger partial charge in [0.1, 0.15) is 0 Å². The lowest BCUT2D eigenvalue weighted by molar-refractivity contribution is -0.384. The van der Waals surface area contributed by atoms with Crippen LogP contribution >= 0.6 is 0 Å². The van der Waals surface area contributed by atoms with Crippen LogP contribution in [0.1, 0.15) is 27.5 Å². The largest absolute Gasteiger partial charge is 0.300 e. The number of amides is 1. The Morgan fingerprint density at radius 1 is 0.897 bits per heavy atom. The highest BCUT2D eigenvalue weighted by Crippen LogP contribution is 2.38. The van der Waals surface area contributed by atoms with E-state index in [4.69, 9.17) is 0 Å². The fourth-order valence-corrected chi connectivity index (χ4v) is 3.40. The summed E-state index contributed by atoms with van der Waals surface area (Å²) in [6, 6.07) is 22.4. The highest BCUT2D eigenvalue weighted by Gasteiger charge is 2.40. The molecule has 1 amide bonds. The normalized spacial score (nSPS) is 14.3. The van der Waals surface area contributed by atoms with Crippen molar-refractivity contribution in [2.24, 2.45) is 0 Å². The van der Waals surface area contributed by atoms with Crippen molar-refractivity contribution in [2.45, 2.75) is 6.04 Å². The summed E-state index contributed by atoms with van der Waals surface area (Å²) in [6.07, 6.45) is 3.74. The summed E-state index contributed by atoms with van der Waals surface area (Å²) in [7, 11) is 0. The van der Waals surface area contributed by atoms with E-state index in [0.717, 1.165) is 11.1 Å². The first-order valence-electron chi connectivity index (χ1n) is 9.01. The number of benzene rings is 3. The van der Waals surface area contributed by atoms with Gasteiger partial charge in [0.15, 0.2) is 0 Å². The Morgan fingerprint density at radius 2 is 1.55 bits per heavy atom. The predicted molar refractivity (Wildman–Crippen MR) is 110 cm³/mol. The van der Waals surface area contributed by atoms with E-state index in [2.05, 4.69) is 0 Å². The van der Waals surface area contributed by atoms with E-state index in [1.54, 1.807) is 0 Å². The van der Waals surface area contributed by atoms with Crippen molar-refractivity contribution in [1.82, 2.24) is 0 Å². The Balaban J connectivity index is 1.81. The quantitative estimate of drug-likeness (QED) is 0.366. The van der Waals surface area contributed by atoms with Crippen LogP contribution in [0.25, 0.3) is 6.08 Å². The van der Waals surface area contributed by atoms with Gasteiger partial charge in [-0.15, -0.1) is 0 Å².